The number of urea groups is 1. The number of hydrogen-bond donors (Lipinski definition) is 0. The van der Waals surface area contributed by atoms with E-state index in [-0.39, 0.29) is 25.0 Å². The first kappa shape index (κ1) is 18.1. The SMILES string of the molecule is COC(=O)[C@H]1CN(C(=O)c2cccnc2)CCN1C(=O)N1CCOCC1. The average molecular weight is 362 g/mol. The number of nitrogens with zero attached hydrogens (tertiary/aromatic N) is 4. The lowest BCUT2D eigenvalue weighted by Crippen LogP contribution is -2.62. The van der Waals surface area contributed by atoms with Gasteiger partial charge in [0.15, 0.2) is 0 Å². The lowest BCUT2D eigenvalue weighted by molar-refractivity contribution is -0.147. The van der Waals surface area contributed by atoms with Crippen LogP contribution in [-0.2, 0) is 14.3 Å². The van der Waals surface area contributed by atoms with Crippen molar-refractivity contribution in [2.24, 2.45) is 0 Å². The van der Waals surface area contributed by atoms with E-state index in [0.29, 0.717) is 38.4 Å². The summed E-state index contributed by atoms with van der Waals surface area (Å²) in [5.41, 5.74) is 0.448. The Morgan fingerprint density at radius 2 is 1.92 bits per heavy atom. The molecule has 2 aliphatic rings. The van der Waals surface area contributed by atoms with E-state index in [1.165, 1.54) is 18.2 Å². The molecule has 1 aromatic heterocycles. The summed E-state index contributed by atoms with van der Waals surface area (Å²) in [5.74, 6) is -0.749. The van der Waals surface area contributed by atoms with Crippen molar-refractivity contribution in [3.05, 3.63) is 30.1 Å². The third-order valence-electron chi connectivity index (χ3n) is 4.58. The zero-order valence-electron chi connectivity index (χ0n) is 14.7. The molecule has 0 spiro atoms. The number of esters is 1. The van der Waals surface area contributed by atoms with Crippen molar-refractivity contribution >= 4 is 17.9 Å². The predicted molar refractivity (Wildman–Crippen MR) is 90.4 cm³/mol. The third-order valence-corrected chi connectivity index (χ3v) is 4.58. The summed E-state index contributed by atoms with van der Waals surface area (Å²) in [6, 6.07) is 2.30. The van der Waals surface area contributed by atoms with Gasteiger partial charge in [0.05, 0.1) is 32.4 Å². The molecule has 2 aliphatic heterocycles. The highest BCUT2D eigenvalue weighted by Gasteiger charge is 2.39. The molecule has 0 saturated carbocycles. The van der Waals surface area contributed by atoms with Crippen molar-refractivity contribution in [3.8, 4) is 0 Å². The molecule has 3 rings (SSSR count). The Labute approximate surface area is 151 Å². The fraction of sp³-hybridized carbons (Fsp3) is 0.529. The van der Waals surface area contributed by atoms with Crippen LogP contribution in [0.3, 0.4) is 0 Å². The monoisotopic (exact) mass is 362 g/mol. The van der Waals surface area contributed by atoms with Crippen molar-refractivity contribution in [3.63, 3.8) is 0 Å². The van der Waals surface area contributed by atoms with Crippen LogP contribution in [0.4, 0.5) is 4.79 Å². The van der Waals surface area contributed by atoms with E-state index in [1.54, 1.807) is 28.1 Å². The Morgan fingerprint density at radius 3 is 2.58 bits per heavy atom. The molecule has 0 aromatic carbocycles. The molecule has 0 unspecified atom stereocenters. The van der Waals surface area contributed by atoms with Crippen molar-refractivity contribution in [1.29, 1.82) is 0 Å². The van der Waals surface area contributed by atoms with E-state index in [1.807, 2.05) is 0 Å². The molecule has 0 aliphatic carbocycles. The van der Waals surface area contributed by atoms with Gasteiger partial charge in [-0.2, -0.15) is 0 Å². The number of hydrogen-bond acceptors (Lipinski definition) is 6. The maximum Gasteiger partial charge on any atom is 0.330 e. The molecule has 9 nitrogen and oxygen atoms in total. The number of morpholine rings is 1. The molecule has 1 aromatic rings. The number of amides is 3. The fourth-order valence-corrected chi connectivity index (χ4v) is 3.14. The van der Waals surface area contributed by atoms with Crippen LogP contribution in [0.5, 0.6) is 0 Å². The number of rotatable bonds is 2. The van der Waals surface area contributed by atoms with Crippen LogP contribution in [0.25, 0.3) is 0 Å². The third kappa shape index (κ3) is 3.77. The Balaban J connectivity index is 1.74. The van der Waals surface area contributed by atoms with Gasteiger partial charge in [0, 0.05) is 38.6 Å². The largest absolute Gasteiger partial charge is 0.467 e. The first-order valence-electron chi connectivity index (χ1n) is 8.52. The minimum atomic E-state index is -0.829. The number of carbonyl (C=O) groups is 3. The second-order valence-corrected chi connectivity index (χ2v) is 6.11. The molecule has 3 heterocycles. The average Bonchev–Trinajstić information content (AvgIpc) is 2.73. The lowest BCUT2D eigenvalue weighted by atomic mass is 10.1. The summed E-state index contributed by atoms with van der Waals surface area (Å²) in [5, 5.41) is 0. The van der Waals surface area contributed by atoms with Gasteiger partial charge >= 0.3 is 12.0 Å². The standard InChI is InChI=1S/C17H22N4O5/c1-25-16(23)14-12-20(15(22)13-3-2-4-18-11-13)5-6-21(14)17(24)19-7-9-26-10-8-19/h2-4,11,14H,5-10,12H2,1H3/t14-/m1/s1. The number of pyridine rings is 1. The quantitative estimate of drug-likeness (QED) is 0.679. The van der Waals surface area contributed by atoms with Crippen LogP contribution in [0, 0.1) is 0 Å². The zero-order valence-corrected chi connectivity index (χ0v) is 14.7. The van der Waals surface area contributed by atoms with Gasteiger partial charge in [-0.05, 0) is 12.1 Å². The van der Waals surface area contributed by atoms with E-state index in [0.717, 1.165) is 0 Å². The highest BCUT2D eigenvalue weighted by Crippen LogP contribution is 2.17. The summed E-state index contributed by atoms with van der Waals surface area (Å²) < 4.78 is 10.1. The first-order chi connectivity index (χ1) is 12.6. The van der Waals surface area contributed by atoms with Crippen LogP contribution < -0.4 is 0 Å². The van der Waals surface area contributed by atoms with Gasteiger partial charge in [-0.15, -0.1) is 0 Å². The van der Waals surface area contributed by atoms with Crippen LogP contribution in [0.15, 0.2) is 24.5 Å². The maximum absolute atomic E-state index is 12.8. The van der Waals surface area contributed by atoms with Crippen LogP contribution in [-0.4, -0.2) is 96.7 Å². The molecule has 1 atom stereocenters. The second kappa shape index (κ2) is 8.13. The molecule has 2 fully saturated rings. The van der Waals surface area contributed by atoms with Gasteiger partial charge in [0.1, 0.15) is 6.04 Å². The predicted octanol–water partition coefficient (Wildman–Crippen LogP) is -0.167. The molecule has 2 saturated heterocycles. The molecule has 0 N–H and O–H groups in total. The minimum absolute atomic E-state index is 0.0937. The van der Waals surface area contributed by atoms with Crippen LogP contribution >= 0.6 is 0 Å². The highest BCUT2D eigenvalue weighted by molar-refractivity contribution is 5.95. The molecule has 3 amide bonds. The highest BCUT2D eigenvalue weighted by atomic mass is 16.5. The molecule has 9 heteroatoms. The Hall–Kier alpha value is -2.68. The van der Waals surface area contributed by atoms with Crippen LogP contribution in [0.2, 0.25) is 0 Å². The van der Waals surface area contributed by atoms with Gasteiger partial charge < -0.3 is 24.2 Å². The number of piperazine rings is 1. The Bertz CT molecular complexity index is 662. The molecular formula is C17H22N4O5. The van der Waals surface area contributed by atoms with E-state index in [4.69, 9.17) is 9.47 Å². The van der Waals surface area contributed by atoms with Gasteiger partial charge in [0.25, 0.3) is 5.91 Å². The van der Waals surface area contributed by atoms with Crippen molar-refractivity contribution in [2.45, 2.75) is 6.04 Å². The smallest absolute Gasteiger partial charge is 0.330 e. The summed E-state index contributed by atoms with van der Waals surface area (Å²) >= 11 is 0. The topological polar surface area (TPSA) is 92.3 Å². The zero-order chi connectivity index (χ0) is 18.5. The number of ether oxygens (including phenoxy) is 2. The summed E-state index contributed by atoms with van der Waals surface area (Å²) in [7, 11) is 1.28. The van der Waals surface area contributed by atoms with E-state index < -0.39 is 12.0 Å². The fourth-order valence-electron chi connectivity index (χ4n) is 3.14. The Morgan fingerprint density at radius 1 is 1.15 bits per heavy atom. The van der Waals surface area contributed by atoms with Gasteiger partial charge in [-0.25, -0.2) is 9.59 Å². The van der Waals surface area contributed by atoms with Crippen LogP contribution in [0.1, 0.15) is 10.4 Å². The summed E-state index contributed by atoms with van der Waals surface area (Å²) in [6.45, 7) is 2.64. The second-order valence-electron chi connectivity index (χ2n) is 6.11. The maximum atomic E-state index is 12.8. The molecule has 26 heavy (non-hydrogen) atoms. The molecular weight excluding hydrogens is 340 g/mol. The van der Waals surface area contributed by atoms with E-state index in [9.17, 15) is 14.4 Å². The van der Waals surface area contributed by atoms with E-state index >= 15 is 0 Å². The summed E-state index contributed by atoms with van der Waals surface area (Å²) in [4.78, 5) is 46.4. The molecule has 140 valence electrons. The lowest BCUT2D eigenvalue weighted by Gasteiger charge is -2.42. The Kier molecular flexibility index (Phi) is 5.67. The minimum Gasteiger partial charge on any atom is -0.467 e. The number of methoxy groups -OCH3 is 1. The number of carbonyl (C=O) groups excluding carboxylic acids is 3. The molecule has 0 radical (unpaired) electrons. The first-order valence-corrected chi connectivity index (χ1v) is 8.52. The summed E-state index contributed by atoms with van der Waals surface area (Å²) in [6.07, 6.45) is 3.08. The van der Waals surface area contributed by atoms with Crippen molar-refractivity contribution in [2.75, 3.05) is 53.0 Å². The van der Waals surface area contributed by atoms with Gasteiger partial charge in [0.2, 0.25) is 0 Å². The van der Waals surface area contributed by atoms with Crippen molar-refractivity contribution in [1.82, 2.24) is 19.7 Å². The number of aromatic nitrogens is 1. The van der Waals surface area contributed by atoms with Gasteiger partial charge in [-0.1, -0.05) is 0 Å². The van der Waals surface area contributed by atoms with Crippen molar-refractivity contribution < 1.29 is 23.9 Å². The van der Waals surface area contributed by atoms with Gasteiger partial charge in [-0.3, -0.25) is 9.78 Å². The van der Waals surface area contributed by atoms with E-state index in [2.05, 4.69) is 4.98 Å². The normalized spacial score (nSPS) is 20.7. The molecule has 0 bridgehead atoms.